The van der Waals surface area contributed by atoms with Gasteiger partial charge in [0.15, 0.2) is 6.29 Å². The predicted molar refractivity (Wildman–Crippen MR) is 206 cm³/mol. The molecular formula is C41H55N5O8. The largest absolute Gasteiger partial charge is 0.396 e. The van der Waals surface area contributed by atoms with Crippen LogP contribution in [-0.2, 0) is 27.3 Å². The molecule has 8 bridgehead atoms. The van der Waals surface area contributed by atoms with Gasteiger partial charge in [-0.25, -0.2) is 4.98 Å². The number of carbonyl (C=O) groups excluding carboxylic acids is 1. The smallest absolute Gasteiger partial charge is 0.222 e. The molecule has 0 saturated carbocycles. The van der Waals surface area contributed by atoms with Gasteiger partial charge in [0.25, 0.3) is 0 Å². The predicted octanol–water partition coefficient (Wildman–Crippen LogP) is 4.19. The molecule has 13 nitrogen and oxygen atoms in total. The molecule has 54 heavy (non-hydrogen) atoms. The third-order valence-corrected chi connectivity index (χ3v) is 11.5. The van der Waals surface area contributed by atoms with Crippen molar-refractivity contribution in [2.45, 2.75) is 116 Å². The molecule has 292 valence electrons. The number of nitrogens with one attached hydrogen (secondary N) is 2. The minimum atomic E-state index is -1.55. The second-order valence-corrected chi connectivity index (χ2v) is 15.0. The van der Waals surface area contributed by atoms with Crippen molar-refractivity contribution in [1.29, 1.82) is 0 Å². The normalized spacial score (nSPS) is 24.1. The summed E-state index contributed by atoms with van der Waals surface area (Å²) in [4.78, 5) is 32.4. The number of ether oxygens (including phenoxy) is 2. The Morgan fingerprint density at radius 3 is 2.28 bits per heavy atom. The number of hydrogen-bond acceptors (Lipinski definition) is 10. The maximum atomic E-state index is 13.1. The monoisotopic (exact) mass is 745 g/mol. The van der Waals surface area contributed by atoms with Crippen LogP contribution in [-0.4, -0.2) is 114 Å². The van der Waals surface area contributed by atoms with E-state index in [4.69, 9.17) is 19.4 Å². The summed E-state index contributed by atoms with van der Waals surface area (Å²) in [5.41, 5.74) is 12.9. The van der Waals surface area contributed by atoms with Gasteiger partial charge in [-0.05, 0) is 99.1 Å². The molecule has 13 heteroatoms. The Labute approximate surface area is 315 Å². The molecule has 0 aromatic carbocycles. The molecule has 1 saturated heterocycles. The molecule has 0 unspecified atom stereocenters. The summed E-state index contributed by atoms with van der Waals surface area (Å²) in [6.07, 6.45) is -2.56. The van der Waals surface area contributed by atoms with Crippen LogP contribution in [0.3, 0.4) is 0 Å². The third kappa shape index (κ3) is 7.63. The van der Waals surface area contributed by atoms with E-state index in [1.54, 1.807) is 11.9 Å². The maximum absolute atomic E-state index is 13.1. The topological polar surface area (TPSA) is 197 Å². The Balaban J connectivity index is 1.52. The van der Waals surface area contributed by atoms with E-state index < -0.39 is 37.3 Å². The summed E-state index contributed by atoms with van der Waals surface area (Å²) in [5, 5.41) is 50.4. The summed E-state index contributed by atoms with van der Waals surface area (Å²) in [7, 11) is 1.77. The third-order valence-electron chi connectivity index (χ3n) is 11.5. The first-order chi connectivity index (χ1) is 25.8. The van der Waals surface area contributed by atoms with Crippen molar-refractivity contribution in [2.24, 2.45) is 0 Å². The van der Waals surface area contributed by atoms with Crippen molar-refractivity contribution < 1.29 is 39.8 Å². The first kappa shape index (κ1) is 39.7. The van der Waals surface area contributed by atoms with Gasteiger partial charge in [-0.3, -0.25) is 9.78 Å². The van der Waals surface area contributed by atoms with E-state index in [1.165, 1.54) is 5.56 Å². The van der Waals surface area contributed by atoms with Crippen LogP contribution in [0.25, 0.3) is 33.7 Å². The lowest BCUT2D eigenvalue weighted by molar-refractivity contribution is -0.304. The zero-order valence-corrected chi connectivity index (χ0v) is 32.3. The molecule has 3 aromatic heterocycles. The summed E-state index contributed by atoms with van der Waals surface area (Å²) < 4.78 is 11.8. The molecule has 3 aliphatic heterocycles. The molecule has 0 aliphatic carbocycles. The molecule has 7 atom stereocenters. The van der Waals surface area contributed by atoms with Crippen molar-refractivity contribution >= 4 is 39.6 Å². The quantitative estimate of drug-likeness (QED) is 0.150. The number of rotatable bonds is 11. The first-order valence-electron chi connectivity index (χ1n) is 19.0. The van der Waals surface area contributed by atoms with E-state index in [2.05, 4.69) is 62.8 Å². The van der Waals surface area contributed by atoms with Crippen LogP contribution >= 0.6 is 0 Å². The van der Waals surface area contributed by atoms with Crippen molar-refractivity contribution in [2.75, 3.05) is 26.8 Å². The number of aryl methyl sites for hydroxylation is 3. The fourth-order valence-electron chi connectivity index (χ4n) is 7.91. The average molecular weight is 746 g/mol. The van der Waals surface area contributed by atoms with Crippen LogP contribution in [0.4, 0.5) is 0 Å². The van der Waals surface area contributed by atoms with Crippen molar-refractivity contribution in [1.82, 2.24) is 24.8 Å². The highest BCUT2D eigenvalue weighted by atomic mass is 16.7. The van der Waals surface area contributed by atoms with Crippen LogP contribution in [0.2, 0.25) is 0 Å². The van der Waals surface area contributed by atoms with Gasteiger partial charge in [0, 0.05) is 77.5 Å². The number of aliphatic hydroxyl groups excluding tert-OH is 5. The Morgan fingerprint density at radius 2 is 1.59 bits per heavy atom. The van der Waals surface area contributed by atoms with E-state index >= 15 is 0 Å². The number of hydrogen-bond donors (Lipinski definition) is 7. The number of aromatic amines is 2. The molecule has 1 fully saturated rings. The number of H-pyrrole nitrogens is 2. The molecule has 3 aliphatic rings. The molecule has 6 heterocycles. The van der Waals surface area contributed by atoms with Gasteiger partial charge < -0.3 is 49.9 Å². The van der Waals surface area contributed by atoms with Crippen LogP contribution in [0.5, 0.6) is 0 Å². The Kier molecular flexibility index (Phi) is 12.1. The second kappa shape index (κ2) is 16.4. The van der Waals surface area contributed by atoms with Crippen molar-refractivity contribution in [3.63, 3.8) is 0 Å². The Bertz CT molecular complexity index is 2070. The van der Waals surface area contributed by atoms with Crippen molar-refractivity contribution in [3.05, 3.63) is 68.8 Å². The van der Waals surface area contributed by atoms with Crippen LogP contribution in [0.1, 0.15) is 102 Å². The van der Waals surface area contributed by atoms with Gasteiger partial charge in [-0.15, -0.1) is 0 Å². The number of carbonyl (C=O) groups is 1. The highest BCUT2D eigenvalue weighted by Gasteiger charge is 2.44. The SMILES string of the molecule is CCc1c(C)c2cc3[nH]c(cc4nc(c(C)c5nc(cc1[nH]2)C(C)=C5)[C@@H](CCC(=O)N(C)CCCO)[C@@H]4C)c(C)c3CO[C@@H]1O[C@H](CO)[C@@H](O)[C@H](O)[C@H]1O. The maximum Gasteiger partial charge on any atom is 0.222 e. The molecule has 0 radical (unpaired) electrons. The van der Waals surface area contributed by atoms with Gasteiger partial charge >= 0.3 is 0 Å². The standard InChI is InChI=1S/C41H55N5O8/c1-8-25-21(3)31-17-34-27(19-53-41-40(52)39(51)38(50)35(18-48)54-41)23(5)30(44-34)16-32-22(4)26(10-11-36(49)46(7)12-9-13-47)37(45-32)24(6)29-14-20(2)28(42-29)15-33(25)43-31/h14-17,22,26,35,38-41,43-44,47-48,50-52H,8-13,18-19H2,1-7H3/t22-,26-,35+,38+,39-,40+,41+/m0/s1. The van der Waals surface area contributed by atoms with E-state index in [9.17, 15) is 30.3 Å². The highest BCUT2D eigenvalue weighted by molar-refractivity contribution is 5.85. The Hall–Kier alpha value is -3.95. The van der Waals surface area contributed by atoms with Gasteiger partial charge in [0.1, 0.15) is 24.4 Å². The number of aromatic nitrogens is 4. The summed E-state index contributed by atoms with van der Waals surface area (Å²) in [6, 6.07) is 6.19. The van der Waals surface area contributed by atoms with Gasteiger partial charge in [0.2, 0.25) is 5.91 Å². The number of fused-ring (bicyclic) bond motifs is 8. The minimum absolute atomic E-state index is 0.00991. The van der Waals surface area contributed by atoms with Crippen molar-refractivity contribution in [3.8, 4) is 0 Å². The Morgan fingerprint density at radius 1 is 0.907 bits per heavy atom. The van der Waals surface area contributed by atoms with Gasteiger partial charge in [-0.1, -0.05) is 13.8 Å². The van der Waals surface area contributed by atoms with Gasteiger partial charge in [-0.2, -0.15) is 0 Å². The molecule has 3 aromatic rings. The fraction of sp³-hybridized carbons (Fsp3) is 0.537. The minimum Gasteiger partial charge on any atom is -0.396 e. The van der Waals surface area contributed by atoms with Gasteiger partial charge in [0.05, 0.1) is 24.6 Å². The molecule has 1 amide bonds. The highest BCUT2D eigenvalue weighted by Crippen LogP contribution is 2.42. The number of allylic oxidation sites excluding steroid dienone is 1. The lowest BCUT2D eigenvalue weighted by Gasteiger charge is -2.39. The molecular weight excluding hydrogens is 690 g/mol. The summed E-state index contributed by atoms with van der Waals surface area (Å²) in [5.74, 6) is -0.0342. The zero-order chi connectivity index (χ0) is 39.0. The van der Waals surface area contributed by atoms with E-state index in [0.717, 1.165) is 79.1 Å². The lowest BCUT2D eigenvalue weighted by atomic mass is 9.85. The van der Waals surface area contributed by atoms with E-state index in [0.29, 0.717) is 25.8 Å². The van der Waals surface area contributed by atoms with Crippen LogP contribution < -0.4 is 0 Å². The molecule has 7 N–H and O–H groups in total. The molecule has 0 spiro atoms. The zero-order valence-electron chi connectivity index (χ0n) is 32.3. The van der Waals surface area contributed by atoms with E-state index in [1.807, 2.05) is 13.0 Å². The fourth-order valence-corrected chi connectivity index (χ4v) is 7.91. The first-order valence-corrected chi connectivity index (χ1v) is 19.0. The summed E-state index contributed by atoms with van der Waals surface area (Å²) >= 11 is 0. The summed E-state index contributed by atoms with van der Waals surface area (Å²) in [6.45, 7) is 12.4. The van der Waals surface area contributed by atoms with E-state index in [-0.39, 0.29) is 31.0 Å². The van der Waals surface area contributed by atoms with Crippen LogP contribution in [0, 0.1) is 20.8 Å². The number of amides is 1. The lowest BCUT2D eigenvalue weighted by Crippen LogP contribution is -2.59. The second-order valence-electron chi connectivity index (χ2n) is 15.0. The molecule has 6 rings (SSSR count). The average Bonchev–Trinajstić information content (AvgIpc) is 3.86. The van der Waals surface area contributed by atoms with Crippen LogP contribution in [0.15, 0.2) is 18.2 Å². The number of aliphatic hydroxyl groups is 5. The number of nitrogens with zero attached hydrogens (tertiary/aromatic N) is 3.